The van der Waals surface area contributed by atoms with Crippen molar-refractivity contribution < 1.29 is 4.74 Å². The van der Waals surface area contributed by atoms with Crippen molar-refractivity contribution in [3.63, 3.8) is 0 Å². The number of hydrogen-bond donors (Lipinski definition) is 1. The average molecular weight is 195 g/mol. The molecule has 1 aromatic heterocycles. The maximum Gasteiger partial charge on any atom is 0.232 e. The van der Waals surface area contributed by atoms with E-state index in [4.69, 9.17) is 10.5 Å². The van der Waals surface area contributed by atoms with Gasteiger partial charge in [0.05, 0.1) is 6.20 Å². The van der Waals surface area contributed by atoms with Gasteiger partial charge in [0.1, 0.15) is 6.61 Å². The van der Waals surface area contributed by atoms with Crippen LogP contribution in [0, 0.1) is 0 Å². The van der Waals surface area contributed by atoms with Crippen LogP contribution < -0.4 is 10.5 Å². The van der Waals surface area contributed by atoms with E-state index < -0.39 is 0 Å². The summed E-state index contributed by atoms with van der Waals surface area (Å²) in [5, 5.41) is 0. The molecule has 1 aromatic rings. The van der Waals surface area contributed by atoms with Gasteiger partial charge in [0.15, 0.2) is 0 Å². The second-order valence-corrected chi connectivity index (χ2v) is 3.40. The van der Waals surface area contributed by atoms with Crippen LogP contribution in [0.3, 0.4) is 0 Å². The first-order chi connectivity index (χ1) is 6.70. The molecular weight excluding hydrogens is 178 g/mol. The molecule has 78 valence electrons. The van der Waals surface area contributed by atoms with Gasteiger partial charge in [0, 0.05) is 17.9 Å². The third kappa shape index (κ3) is 2.96. The first-order valence-corrected chi connectivity index (χ1v) is 4.88. The van der Waals surface area contributed by atoms with E-state index in [0.29, 0.717) is 12.5 Å². The number of ether oxygens (including phenoxy) is 1. The minimum absolute atomic E-state index is 0.252. The Bertz CT molecular complexity index is 259. The lowest BCUT2D eigenvalue weighted by molar-refractivity contribution is 0.200. The van der Waals surface area contributed by atoms with Gasteiger partial charge in [-0.2, -0.15) is 0 Å². The lowest BCUT2D eigenvalue weighted by atomic mass is 9.96. The van der Waals surface area contributed by atoms with E-state index in [-0.39, 0.29) is 5.54 Å². The summed E-state index contributed by atoms with van der Waals surface area (Å²) in [6.45, 7) is 4.60. The first kappa shape index (κ1) is 10.9. The van der Waals surface area contributed by atoms with Crippen LogP contribution in [-0.4, -0.2) is 22.1 Å². The highest BCUT2D eigenvalue weighted by atomic mass is 16.5. The van der Waals surface area contributed by atoms with E-state index in [9.17, 15) is 0 Å². The molecule has 0 bridgehead atoms. The molecule has 0 fully saturated rings. The van der Waals surface area contributed by atoms with Crippen LogP contribution >= 0.6 is 0 Å². The summed E-state index contributed by atoms with van der Waals surface area (Å²) in [5.41, 5.74) is 5.82. The molecule has 0 atom stereocenters. The average Bonchev–Trinajstić information content (AvgIpc) is 2.27. The first-order valence-electron chi connectivity index (χ1n) is 4.88. The van der Waals surface area contributed by atoms with Crippen molar-refractivity contribution >= 4 is 0 Å². The summed E-state index contributed by atoms with van der Waals surface area (Å²) >= 11 is 0. The Morgan fingerprint density at radius 1 is 1.36 bits per heavy atom. The predicted octanol–water partition coefficient (Wildman–Crippen LogP) is 1.37. The monoisotopic (exact) mass is 195 g/mol. The molecule has 0 aromatic carbocycles. The molecule has 1 heterocycles. The Morgan fingerprint density at radius 2 is 2.07 bits per heavy atom. The van der Waals surface area contributed by atoms with Gasteiger partial charge < -0.3 is 10.5 Å². The molecule has 0 amide bonds. The summed E-state index contributed by atoms with van der Waals surface area (Å²) in [7, 11) is 0. The van der Waals surface area contributed by atoms with Gasteiger partial charge in [0.25, 0.3) is 0 Å². The SMILES string of the molecule is CCC(N)(CC)COc1cnccn1. The molecular formula is C10H17N3O. The van der Waals surface area contributed by atoms with Crippen LogP contribution in [0.25, 0.3) is 0 Å². The topological polar surface area (TPSA) is 61.0 Å². The molecule has 4 heteroatoms. The van der Waals surface area contributed by atoms with Crippen molar-refractivity contribution in [3.05, 3.63) is 18.6 Å². The Labute approximate surface area is 84.5 Å². The summed E-state index contributed by atoms with van der Waals surface area (Å²) < 4.78 is 5.45. The van der Waals surface area contributed by atoms with Gasteiger partial charge in [0.2, 0.25) is 5.88 Å². The zero-order valence-corrected chi connectivity index (χ0v) is 8.73. The molecule has 0 saturated carbocycles. The summed E-state index contributed by atoms with van der Waals surface area (Å²) in [4.78, 5) is 7.92. The Hall–Kier alpha value is -1.16. The maximum atomic E-state index is 6.07. The highest BCUT2D eigenvalue weighted by Crippen LogP contribution is 2.13. The summed E-state index contributed by atoms with van der Waals surface area (Å²) in [6, 6.07) is 0. The van der Waals surface area contributed by atoms with Gasteiger partial charge in [-0.3, -0.25) is 4.98 Å². The highest BCUT2D eigenvalue weighted by Gasteiger charge is 2.21. The van der Waals surface area contributed by atoms with Gasteiger partial charge in [-0.15, -0.1) is 0 Å². The second kappa shape index (κ2) is 4.91. The molecule has 0 saturated heterocycles. The van der Waals surface area contributed by atoms with Crippen LogP contribution in [0.15, 0.2) is 18.6 Å². The molecule has 0 aliphatic heterocycles. The Balaban J connectivity index is 2.48. The fourth-order valence-electron chi connectivity index (χ4n) is 1.03. The number of nitrogens with zero attached hydrogens (tertiary/aromatic N) is 2. The molecule has 0 unspecified atom stereocenters. The molecule has 2 N–H and O–H groups in total. The van der Waals surface area contributed by atoms with E-state index in [1.165, 1.54) is 0 Å². The van der Waals surface area contributed by atoms with Crippen LogP contribution in [0.4, 0.5) is 0 Å². The lowest BCUT2D eigenvalue weighted by Gasteiger charge is -2.25. The number of hydrogen-bond acceptors (Lipinski definition) is 4. The van der Waals surface area contributed by atoms with Crippen LogP contribution in [0.2, 0.25) is 0 Å². The molecule has 0 spiro atoms. The fourth-order valence-corrected chi connectivity index (χ4v) is 1.03. The molecule has 4 nitrogen and oxygen atoms in total. The molecule has 0 aliphatic rings. The zero-order valence-electron chi connectivity index (χ0n) is 8.73. The number of nitrogens with two attached hydrogens (primary N) is 1. The van der Waals surface area contributed by atoms with Gasteiger partial charge in [-0.25, -0.2) is 4.98 Å². The van der Waals surface area contributed by atoms with Crippen molar-refractivity contribution in [3.8, 4) is 5.88 Å². The largest absolute Gasteiger partial charge is 0.475 e. The predicted molar refractivity (Wildman–Crippen MR) is 55.0 cm³/mol. The smallest absolute Gasteiger partial charge is 0.232 e. The van der Waals surface area contributed by atoms with Crippen LogP contribution in [0.1, 0.15) is 26.7 Å². The van der Waals surface area contributed by atoms with E-state index in [1.807, 2.05) is 0 Å². The van der Waals surface area contributed by atoms with E-state index >= 15 is 0 Å². The van der Waals surface area contributed by atoms with Crippen LogP contribution in [0.5, 0.6) is 5.88 Å². The Kier molecular flexibility index (Phi) is 3.83. The van der Waals surface area contributed by atoms with Crippen molar-refractivity contribution in [2.24, 2.45) is 5.73 Å². The molecule has 1 rings (SSSR count). The highest BCUT2D eigenvalue weighted by molar-refractivity contribution is 5.02. The summed E-state index contributed by atoms with van der Waals surface area (Å²) in [6.07, 6.45) is 6.59. The normalized spacial score (nSPS) is 11.4. The number of rotatable bonds is 5. The van der Waals surface area contributed by atoms with E-state index in [0.717, 1.165) is 12.8 Å². The van der Waals surface area contributed by atoms with E-state index in [2.05, 4.69) is 23.8 Å². The second-order valence-electron chi connectivity index (χ2n) is 3.40. The quantitative estimate of drug-likeness (QED) is 0.771. The summed E-state index contributed by atoms with van der Waals surface area (Å²) in [5.74, 6) is 0.532. The Morgan fingerprint density at radius 3 is 2.57 bits per heavy atom. The number of aromatic nitrogens is 2. The standard InChI is InChI=1S/C10H17N3O/c1-3-10(11,4-2)8-14-9-7-12-5-6-13-9/h5-7H,3-4,8,11H2,1-2H3. The van der Waals surface area contributed by atoms with Gasteiger partial charge in [-0.1, -0.05) is 13.8 Å². The minimum atomic E-state index is -0.252. The molecule has 0 aliphatic carbocycles. The third-order valence-electron chi connectivity index (χ3n) is 2.46. The van der Waals surface area contributed by atoms with E-state index in [1.54, 1.807) is 18.6 Å². The van der Waals surface area contributed by atoms with Crippen molar-refractivity contribution in [2.75, 3.05) is 6.61 Å². The molecule has 14 heavy (non-hydrogen) atoms. The third-order valence-corrected chi connectivity index (χ3v) is 2.46. The van der Waals surface area contributed by atoms with Crippen molar-refractivity contribution in [1.29, 1.82) is 0 Å². The van der Waals surface area contributed by atoms with Gasteiger partial charge >= 0.3 is 0 Å². The van der Waals surface area contributed by atoms with Gasteiger partial charge in [-0.05, 0) is 12.8 Å². The minimum Gasteiger partial charge on any atom is -0.475 e. The van der Waals surface area contributed by atoms with Crippen LogP contribution in [-0.2, 0) is 0 Å². The fraction of sp³-hybridized carbons (Fsp3) is 0.600. The lowest BCUT2D eigenvalue weighted by Crippen LogP contribution is -2.44. The molecule has 0 radical (unpaired) electrons. The van der Waals surface area contributed by atoms with Crippen molar-refractivity contribution in [2.45, 2.75) is 32.2 Å². The zero-order chi connectivity index (χ0) is 10.4. The van der Waals surface area contributed by atoms with Crippen molar-refractivity contribution in [1.82, 2.24) is 9.97 Å². The maximum absolute atomic E-state index is 6.07.